The summed E-state index contributed by atoms with van der Waals surface area (Å²) in [5.41, 5.74) is 3.08. The molecule has 0 aliphatic carbocycles. The highest BCUT2D eigenvalue weighted by molar-refractivity contribution is 5.93. The molecule has 0 bridgehead atoms. The molecule has 1 N–H and O–H groups in total. The molecule has 0 atom stereocenters. The Morgan fingerprint density at radius 2 is 2.00 bits per heavy atom. The second-order valence-electron chi connectivity index (χ2n) is 7.06. The minimum atomic E-state index is -0.291. The number of furan rings is 1. The summed E-state index contributed by atoms with van der Waals surface area (Å²) < 4.78 is 20.3. The zero-order chi connectivity index (χ0) is 21.0. The number of nitrogens with zero attached hydrogens (tertiary/aromatic N) is 3. The average molecular weight is 394 g/mol. The van der Waals surface area contributed by atoms with E-state index < -0.39 is 0 Å². The van der Waals surface area contributed by atoms with Crippen molar-refractivity contribution in [1.82, 2.24) is 9.47 Å². The minimum absolute atomic E-state index is 0.131. The molecule has 3 rings (SSSR count). The number of benzene rings is 1. The fraction of sp³-hybridized carbons (Fsp3) is 0.273. The molecule has 150 valence electrons. The van der Waals surface area contributed by atoms with Gasteiger partial charge in [0.05, 0.1) is 24.9 Å². The molecule has 0 radical (unpaired) electrons. The van der Waals surface area contributed by atoms with Crippen LogP contribution in [0.4, 0.5) is 10.2 Å². The number of hydrogen-bond acceptors (Lipinski definition) is 4. The van der Waals surface area contributed by atoms with Crippen molar-refractivity contribution in [2.75, 3.05) is 18.9 Å². The predicted octanol–water partition coefficient (Wildman–Crippen LogP) is 3.83. The van der Waals surface area contributed by atoms with Crippen LogP contribution in [0.25, 0.3) is 0 Å². The van der Waals surface area contributed by atoms with Gasteiger partial charge in [0.25, 0.3) is 0 Å². The average Bonchev–Trinajstić information content (AvgIpc) is 3.26. The van der Waals surface area contributed by atoms with Gasteiger partial charge < -0.3 is 14.3 Å². The topological polar surface area (TPSA) is 74.2 Å². The Morgan fingerprint density at radius 3 is 2.62 bits per heavy atom. The van der Waals surface area contributed by atoms with Crippen LogP contribution in [0.3, 0.4) is 0 Å². The number of amides is 1. The standard InChI is InChI=1S/C22H23FN4O2/c1-15-16(2)27(13-19-5-4-10-29-19)22(20(15)11-24)25-21(28)14-26(3)12-17-6-8-18(23)9-7-17/h4-10H,12-14H2,1-3H3,(H,25,28). The van der Waals surface area contributed by atoms with Crippen molar-refractivity contribution in [3.05, 3.63) is 76.6 Å². The number of carbonyl (C=O) groups excluding carboxylic acids is 1. The maximum atomic E-state index is 13.0. The highest BCUT2D eigenvalue weighted by atomic mass is 19.1. The first-order valence-electron chi connectivity index (χ1n) is 9.24. The van der Waals surface area contributed by atoms with E-state index in [0.29, 0.717) is 24.5 Å². The smallest absolute Gasteiger partial charge is 0.239 e. The van der Waals surface area contributed by atoms with Crippen molar-refractivity contribution >= 4 is 11.7 Å². The van der Waals surface area contributed by atoms with Crippen molar-refractivity contribution < 1.29 is 13.6 Å². The van der Waals surface area contributed by atoms with Crippen LogP contribution in [0.1, 0.15) is 28.1 Å². The number of anilines is 1. The van der Waals surface area contributed by atoms with Gasteiger partial charge in [-0.25, -0.2) is 4.39 Å². The van der Waals surface area contributed by atoms with E-state index in [-0.39, 0.29) is 18.3 Å². The van der Waals surface area contributed by atoms with Crippen molar-refractivity contribution in [2.45, 2.75) is 26.9 Å². The SMILES string of the molecule is Cc1c(C#N)c(NC(=O)CN(C)Cc2ccc(F)cc2)n(Cc2ccco2)c1C. The number of likely N-dealkylation sites (N-methyl/N-ethyl adjacent to an activating group) is 1. The molecule has 1 aromatic carbocycles. The molecule has 1 amide bonds. The fourth-order valence-corrected chi connectivity index (χ4v) is 3.26. The lowest BCUT2D eigenvalue weighted by molar-refractivity contribution is -0.117. The largest absolute Gasteiger partial charge is 0.467 e. The van der Waals surface area contributed by atoms with Gasteiger partial charge in [0.2, 0.25) is 5.91 Å². The second kappa shape index (κ2) is 8.76. The molecule has 0 saturated heterocycles. The first-order chi connectivity index (χ1) is 13.9. The molecule has 29 heavy (non-hydrogen) atoms. The summed E-state index contributed by atoms with van der Waals surface area (Å²) in [5.74, 6) is 0.682. The summed E-state index contributed by atoms with van der Waals surface area (Å²) >= 11 is 0. The van der Waals surface area contributed by atoms with Gasteiger partial charge in [-0.1, -0.05) is 12.1 Å². The van der Waals surface area contributed by atoms with Crippen LogP contribution in [-0.2, 0) is 17.9 Å². The van der Waals surface area contributed by atoms with Crippen LogP contribution in [0, 0.1) is 31.0 Å². The monoisotopic (exact) mass is 394 g/mol. The summed E-state index contributed by atoms with van der Waals surface area (Å²) in [6, 6.07) is 12.0. The Hall–Kier alpha value is -3.37. The number of nitriles is 1. The summed E-state index contributed by atoms with van der Waals surface area (Å²) in [4.78, 5) is 14.5. The normalized spacial score (nSPS) is 10.9. The molecule has 2 heterocycles. The molecule has 6 nitrogen and oxygen atoms in total. The van der Waals surface area contributed by atoms with Gasteiger partial charge in [-0.2, -0.15) is 5.26 Å². The van der Waals surface area contributed by atoms with E-state index in [0.717, 1.165) is 22.6 Å². The van der Waals surface area contributed by atoms with E-state index in [2.05, 4.69) is 11.4 Å². The third kappa shape index (κ3) is 4.73. The van der Waals surface area contributed by atoms with E-state index in [4.69, 9.17) is 4.42 Å². The Kier molecular flexibility index (Phi) is 6.15. The van der Waals surface area contributed by atoms with Gasteiger partial charge in [0, 0.05) is 12.2 Å². The van der Waals surface area contributed by atoms with E-state index in [1.807, 2.05) is 36.4 Å². The van der Waals surface area contributed by atoms with Gasteiger partial charge in [-0.05, 0) is 56.3 Å². The third-order valence-corrected chi connectivity index (χ3v) is 4.87. The molecule has 2 aromatic heterocycles. The van der Waals surface area contributed by atoms with Crippen molar-refractivity contribution in [3.8, 4) is 6.07 Å². The number of halogens is 1. The summed E-state index contributed by atoms with van der Waals surface area (Å²) in [6.07, 6.45) is 1.59. The Bertz CT molecular complexity index is 1030. The molecular weight excluding hydrogens is 371 g/mol. The first-order valence-corrected chi connectivity index (χ1v) is 9.24. The lowest BCUT2D eigenvalue weighted by atomic mass is 10.2. The quantitative estimate of drug-likeness (QED) is 0.661. The minimum Gasteiger partial charge on any atom is -0.467 e. The first kappa shape index (κ1) is 20.4. The molecular formula is C22H23FN4O2. The lowest BCUT2D eigenvalue weighted by Crippen LogP contribution is -2.30. The number of aromatic nitrogens is 1. The van der Waals surface area contributed by atoms with Gasteiger partial charge >= 0.3 is 0 Å². The van der Waals surface area contributed by atoms with Crippen molar-refractivity contribution in [3.63, 3.8) is 0 Å². The zero-order valence-electron chi connectivity index (χ0n) is 16.7. The molecule has 0 spiro atoms. The van der Waals surface area contributed by atoms with Gasteiger partial charge in [0.15, 0.2) is 0 Å². The highest BCUT2D eigenvalue weighted by Gasteiger charge is 2.20. The zero-order valence-corrected chi connectivity index (χ0v) is 16.7. The number of carbonyl (C=O) groups is 1. The number of nitrogens with one attached hydrogen (secondary N) is 1. The van der Waals surface area contributed by atoms with Gasteiger partial charge in [-0.15, -0.1) is 0 Å². The van der Waals surface area contributed by atoms with E-state index in [1.165, 1.54) is 12.1 Å². The van der Waals surface area contributed by atoms with Crippen LogP contribution < -0.4 is 5.32 Å². The molecule has 0 unspecified atom stereocenters. The molecule has 0 fully saturated rings. The Balaban J connectivity index is 1.74. The number of hydrogen-bond donors (Lipinski definition) is 1. The summed E-state index contributed by atoms with van der Waals surface area (Å²) in [7, 11) is 1.81. The van der Waals surface area contributed by atoms with Crippen LogP contribution in [0.15, 0.2) is 47.1 Å². The summed E-state index contributed by atoms with van der Waals surface area (Å²) in [6.45, 7) is 4.83. The maximum Gasteiger partial charge on any atom is 0.239 e. The fourth-order valence-electron chi connectivity index (χ4n) is 3.26. The van der Waals surface area contributed by atoms with Crippen LogP contribution >= 0.6 is 0 Å². The summed E-state index contributed by atoms with van der Waals surface area (Å²) in [5, 5.41) is 12.5. The van der Waals surface area contributed by atoms with Crippen molar-refractivity contribution in [2.24, 2.45) is 0 Å². The van der Waals surface area contributed by atoms with Crippen LogP contribution in [0.5, 0.6) is 0 Å². The van der Waals surface area contributed by atoms with E-state index in [1.54, 1.807) is 24.5 Å². The van der Waals surface area contributed by atoms with Crippen molar-refractivity contribution in [1.29, 1.82) is 5.26 Å². The molecule has 0 aliphatic rings. The molecule has 0 aliphatic heterocycles. The predicted molar refractivity (Wildman–Crippen MR) is 108 cm³/mol. The second-order valence-corrected chi connectivity index (χ2v) is 7.06. The lowest BCUT2D eigenvalue weighted by Gasteiger charge is -2.17. The van der Waals surface area contributed by atoms with E-state index >= 15 is 0 Å². The molecule has 3 aromatic rings. The molecule has 7 heteroatoms. The Morgan fingerprint density at radius 1 is 1.28 bits per heavy atom. The van der Waals surface area contributed by atoms with E-state index in [9.17, 15) is 14.4 Å². The Labute approximate surface area is 169 Å². The molecule has 0 saturated carbocycles. The van der Waals surface area contributed by atoms with Gasteiger partial charge in [-0.3, -0.25) is 9.69 Å². The number of rotatable bonds is 7. The van der Waals surface area contributed by atoms with Crippen LogP contribution in [0.2, 0.25) is 0 Å². The highest BCUT2D eigenvalue weighted by Crippen LogP contribution is 2.27. The van der Waals surface area contributed by atoms with Crippen LogP contribution in [-0.4, -0.2) is 29.0 Å². The third-order valence-electron chi connectivity index (χ3n) is 4.87. The van der Waals surface area contributed by atoms with Gasteiger partial charge in [0.1, 0.15) is 23.5 Å². The maximum absolute atomic E-state index is 13.0.